The van der Waals surface area contributed by atoms with Gasteiger partial charge < -0.3 is 14.0 Å². The molecule has 0 saturated carbocycles. The van der Waals surface area contributed by atoms with Gasteiger partial charge in [-0.3, -0.25) is 13.9 Å². The van der Waals surface area contributed by atoms with Gasteiger partial charge in [-0.1, -0.05) is 17.7 Å². The molecule has 1 aliphatic heterocycles. The summed E-state index contributed by atoms with van der Waals surface area (Å²) in [6.45, 7) is 4.18. The Kier molecular flexibility index (Phi) is 5.41. The molecule has 9 heteroatoms. The minimum atomic E-state index is -0.927. The van der Waals surface area contributed by atoms with E-state index in [4.69, 9.17) is 21.1 Å². The van der Waals surface area contributed by atoms with Crippen molar-refractivity contribution in [1.29, 1.82) is 0 Å². The van der Waals surface area contributed by atoms with Crippen molar-refractivity contribution in [3.8, 4) is 17.0 Å². The van der Waals surface area contributed by atoms with E-state index in [2.05, 4.69) is 0 Å². The summed E-state index contributed by atoms with van der Waals surface area (Å²) < 4.78 is 31.2. The first-order valence-electron chi connectivity index (χ1n) is 11.1. The van der Waals surface area contributed by atoms with Crippen LogP contribution in [0.3, 0.4) is 0 Å². The van der Waals surface area contributed by atoms with E-state index >= 15 is 4.39 Å². The number of methoxy groups -OCH3 is 1. The lowest BCUT2D eigenvalue weighted by molar-refractivity contribution is -0.00851. The van der Waals surface area contributed by atoms with Gasteiger partial charge in [0.2, 0.25) is 0 Å². The van der Waals surface area contributed by atoms with E-state index in [1.165, 1.54) is 23.7 Å². The lowest BCUT2D eigenvalue weighted by Crippen LogP contribution is -2.40. The number of rotatable bonds is 3. The molecule has 0 amide bonds. The van der Waals surface area contributed by atoms with Crippen LogP contribution in [0.5, 0.6) is 5.75 Å². The SMILES string of the molecule is COc1ccc(-c2c3c(=O)n(C)c(=O)n(C)c3c3n2C(C)(C)CO[C@H]3c2c(F)cccc2Cl)cc1. The molecule has 3 heterocycles. The molecule has 0 unspecified atom stereocenters. The monoisotopic (exact) mass is 497 g/mol. The smallest absolute Gasteiger partial charge is 0.331 e. The first-order chi connectivity index (χ1) is 16.6. The normalized spacial score (nSPS) is 16.9. The third-order valence-corrected chi connectivity index (χ3v) is 7.02. The van der Waals surface area contributed by atoms with Gasteiger partial charge in [0.05, 0.1) is 41.5 Å². The van der Waals surface area contributed by atoms with Crippen molar-refractivity contribution in [2.75, 3.05) is 13.7 Å². The van der Waals surface area contributed by atoms with Crippen LogP contribution in [0, 0.1) is 5.82 Å². The highest BCUT2D eigenvalue weighted by atomic mass is 35.5. The van der Waals surface area contributed by atoms with E-state index in [0.29, 0.717) is 28.0 Å². The Morgan fingerprint density at radius 1 is 1.09 bits per heavy atom. The Hall–Kier alpha value is -3.36. The Balaban J connectivity index is 2.01. The molecule has 0 radical (unpaired) electrons. The van der Waals surface area contributed by atoms with Gasteiger partial charge in [-0.25, -0.2) is 9.18 Å². The molecular formula is C26H25ClFN3O4. The number of aromatic nitrogens is 3. The average Bonchev–Trinajstić information content (AvgIpc) is 3.20. The molecule has 5 rings (SSSR count). The Labute approximate surface area is 205 Å². The zero-order chi connectivity index (χ0) is 25.2. The lowest BCUT2D eigenvalue weighted by Gasteiger charge is -2.39. The maximum absolute atomic E-state index is 15.1. The number of hydrogen-bond acceptors (Lipinski definition) is 4. The largest absolute Gasteiger partial charge is 0.497 e. The Morgan fingerprint density at radius 3 is 2.40 bits per heavy atom. The van der Waals surface area contributed by atoms with Crippen LogP contribution in [0.4, 0.5) is 4.39 Å². The van der Waals surface area contributed by atoms with Gasteiger partial charge in [0.25, 0.3) is 5.56 Å². The van der Waals surface area contributed by atoms with Crippen LogP contribution in [0.25, 0.3) is 22.2 Å². The molecule has 35 heavy (non-hydrogen) atoms. The molecule has 0 spiro atoms. The highest BCUT2D eigenvalue weighted by Gasteiger charge is 2.42. The maximum Gasteiger partial charge on any atom is 0.331 e. The van der Waals surface area contributed by atoms with Crippen LogP contribution in [0.1, 0.15) is 31.2 Å². The fourth-order valence-corrected chi connectivity index (χ4v) is 5.26. The number of benzene rings is 2. The summed E-state index contributed by atoms with van der Waals surface area (Å²) in [6.07, 6.45) is -0.927. The van der Waals surface area contributed by atoms with Gasteiger partial charge in [0.15, 0.2) is 0 Å². The number of halogens is 2. The van der Waals surface area contributed by atoms with Crippen LogP contribution in [0.2, 0.25) is 5.02 Å². The first-order valence-corrected chi connectivity index (χ1v) is 11.5. The van der Waals surface area contributed by atoms with E-state index in [0.717, 1.165) is 10.1 Å². The summed E-state index contributed by atoms with van der Waals surface area (Å²) in [5, 5.41) is 0.557. The number of hydrogen-bond donors (Lipinski definition) is 0. The summed E-state index contributed by atoms with van der Waals surface area (Å²) in [5.74, 6) is 0.144. The predicted molar refractivity (Wildman–Crippen MR) is 133 cm³/mol. The highest BCUT2D eigenvalue weighted by Crippen LogP contribution is 2.47. The standard InChI is InChI=1S/C26H25ClFN3O4/c1-26(2)13-35-23(18-16(27)7-6-8-17(18)28)22-21-19(24(32)30(4)25(33)29(21)3)20(31(22)26)14-9-11-15(34-5)12-10-14/h6-12,23H,13H2,1-5H3/t23-/m0/s1. The van der Waals surface area contributed by atoms with E-state index in [-0.39, 0.29) is 17.2 Å². The van der Waals surface area contributed by atoms with Crippen LogP contribution in [-0.4, -0.2) is 27.4 Å². The summed E-state index contributed by atoms with van der Waals surface area (Å²) in [4.78, 5) is 26.6. The van der Waals surface area contributed by atoms with Crippen LogP contribution in [-0.2, 0) is 24.4 Å². The van der Waals surface area contributed by atoms with E-state index in [1.54, 1.807) is 20.2 Å². The van der Waals surface area contributed by atoms with Gasteiger partial charge in [-0.2, -0.15) is 0 Å². The molecule has 182 valence electrons. The first kappa shape index (κ1) is 23.4. The molecule has 0 N–H and O–H groups in total. The summed E-state index contributed by atoms with van der Waals surface area (Å²) in [7, 11) is 4.63. The molecule has 1 atom stereocenters. The quantitative estimate of drug-likeness (QED) is 0.422. The van der Waals surface area contributed by atoms with Crippen LogP contribution >= 0.6 is 11.6 Å². The molecule has 7 nitrogen and oxygen atoms in total. The van der Waals surface area contributed by atoms with Gasteiger partial charge in [-0.15, -0.1) is 0 Å². The summed E-state index contributed by atoms with van der Waals surface area (Å²) in [5.41, 5.74) is 0.889. The molecule has 0 bridgehead atoms. The number of nitrogens with zero attached hydrogens (tertiary/aromatic N) is 3. The average molecular weight is 498 g/mol. The van der Waals surface area contributed by atoms with Crippen LogP contribution in [0.15, 0.2) is 52.1 Å². The van der Waals surface area contributed by atoms with Gasteiger partial charge in [-0.05, 0) is 55.8 Å². The van der Waals surface area contributed by atoms with E-state index in [1.807, 2.05) is 42.7 Å². The van der Waals surface area contributed by atoms with Gasteiger partial charge in [0, 0.05) is 24.7 Å². The predicted octanol–water partition coefficient (Wildman–Crippen LogP) is 4.36. The number of ether oxygens (including phenoxy) is 2. The van der Waals surface area contributed by atoms with Crippen LogP contribution < -0.4 is 16.0 Å². The van der Waals surface area contributed by atoms with Crippen molar-refractivity contribution in [2.24, 2.45) is 14.1 Å². The molecule has 0 saturated heterocycles. The second-order valence-electron chi connectivity index (χ2n) is 9.37. The number of aryl methyl sites for hydroxylation is 1. The minimum Gasteiger partial charge on any atom is -0.497 e. The number of fused-ring (bicyclic) bond motifs is 3. The molecule has 2 aromatic heterocycles. The van der Waals surface area contributed by atoms with E-state index < -0.39 is 28.7 Å². The summed E-state index contributed by atoms with van der Waals surface area (Å²) >= 11 is 6.46. The van der Waals surface area contributed by atoms with Gasteiger partial charge >= 0.3 is 5.69 Å². The molecule has 0 aliphatic carbocycles. The molecular weight excluding hydrogens is 473 g/mol. The summed E-state index contributed by atoms with van der Waals surface area (Å²) in [6, 6.07) is 11.8. The maximum atomic E-state index is 15.1. The van der Waals surface area contributed by atoms with Crippen molar-refractivity contribution in [2.45, 2.75) is 25.5 Å². The zero-order valence-electron chi connectivity index (χ0n) is 20.1. The Morgan fingerprint density at radius 2 is 1.77 bits per heavy atom. The Bertz CT molecular complexity index is 1580. The van der Waals surface area contributed by atoms with Crippen molar-refractivity contribution in [1.82, 2.24) is 13.7 Å². The highest BCUT2D eigenvalue weighted by molar-refractivity contribution is 6.31. The second kappa shape index (κ2) is 8.10. The topological polar surface area (TPSA) is 67.4 Å². The zero-order valence-corrected chi connectivity index (χ0v) is 20.8. The van der Waals surface area contributed by atoms with Crippen molar-refractivity contribution < 1.29 is 13.9 Å². The molecule has 0 fully saturated rings. The van der Waals surface area contributed by atoms with Crippen molar-refractivity contribution in [3.05, 3.63) is 85.4 Å². The molecule has 4 aromatic rings. The minimum absolute atomic E-state index is 0.166. The molecule has 1 aliphatic rings. The third kappa shape index (κ3) is 3.35. The fraction of sp³-hybridized carbons (Fsp3) is 0.308. The third-order valence-electron chi connectivity index (χ3n) is 6.69. The molecule has 2 aromatic carbocycles. The van der Waals surface area contributed by atoms with Crippen molar-refractivity contribution in [3.63, 3.8) is 0 Å². The fourth-order valence-electron chi connectivity index (χ4n) is 5.00. The van der Waals surface area contributed by atoms with E-state index in [9.17, 15) is 9.59 Å². The van der Waals surface area contributed by atoms with Gasteiger partial charge in [0.1, 0.15) is 17.7 Å². The second-order valence-corrected chi connectivity index (χ2v) is 9.77. The van der Waals surface area contributed by atoms with Crippen molar-refractivity contribution >= 4 is 22.5 Å². The lowest BCUT2D eigenvalue weighted by atomic mass is 9.97.